The molecule has 0 radical (unpaired) electrons. The summed E-state index contributed by atoms with van der Waals surface area (Å²) in [5.74, 6) is 0.819. The second-order valence-electron chi connectivity index (χ2n) is 4.88. The third-order valence-electron chi connectivity index (χ3n) is 2.91. The molecule has 0 saturated carbocycles. The first kappa shape index (κ1) is 15.8. The molecule has 0 atom stereocenters. The molecule has 0 heterocycles. The molecule has 4 heteroatoms. The fourth-order valence-corrected chi connectivity index (χ4v) is 1.88. The average Bonchev–Trinajstić information content (AvgIpc) is 2.37. The van der Waals surface area contributed by atoms with Crippen molar-refractivity contribution >= 4 is 0 Å². The van der Waals surface area contributed by atoms with Gasteiger partial charge in [-0.05, 0) is 53.0 Å². The zero-order valence-electron chi connectivity index (χ0n) is 12.3. The number of benzene rings is 1. The van der Waals surface area contributed by atoms with E-state index in [4.69, 9.17) is 4.74 Å². The Morgan fingerprint density at radius 1 is 1.26 bits per heavy atom. The number of nitrogens with zero attached hydrogens (tertiary/aromatic N) is 1. The van der Waals surface area contributed by atoms with Crippen LogP contribution in [0.2, 0.25) is 0 Å². The summed E-state index contributed by atoms with van der Waals surface area (Å²) in [4.78, 5) is 2.19. The van der Waals surface area contributed by atoms with Gasteiger partial charge in [0.1, 0.15) is 0 Å². The summed E-state index contributed by atoms with van der Waals surface area (Å²) in [6.07, 6.45) is 2.33. The van der Waals surface area contributed by atoms with Crippen molar-refractivity contribution in [2.45, 2.75) is 26.3 Å². The topological polar surface area (TPSA) is 44.7 Å². The number of hydrogen-bond donors (Lipinski definition) is 2. The Morgan fingerprint density at radius 2 is 2.05 bits per heavy atom. The largest absolute Gasteiger partial charge is 0.504 e. The number of para-hydroxylation sites is 1. The second-order valence-corrected chi connectivity index (χ2v) is 4.88. The highest BCUT2D eigenvalue weighted by Gasteiger charge is 2.06. The van der Waals surface area contributed by atoms with Crippen LogP contribution >= 0.6 is 0 Å². The number of phenolic OH excluding ortho intramolecular Hbond substituents is 1. The molecule has 0 saturated heterocycles. The lowest BCUT2D eigenvalue weighted by Gasteiger charge is -2.11. The zero-order chi connectivity index (χ0) is 14.1. The van der Waals surface area contributed by atoms with Gasteiger partial charge in [-0.1, -0.05) is 12.1 Å². The van der Waals surface area contributed by atoms with E-state index in [9.17, 15) is 5.11 Å². The van der Waals surface area contributed by atoms with E-state index < -0.39 is 0 Å². The van der Waals surface area contributed by atoms with E-state index in [1.807, 2.05) is 19.1 Å². The predicted octanol–water partition coefficient (Wildman–Crippen LogP) is 2.22. The van der Waals surface area contributed by atoms with Crippen molar-refractivity contribution in [3.63, 3.8) is 0 Å². The molecule has 0 spiro atoms. The highest BCUT2D eigenvalue weighted by Crippen LogP contribution is 2.29. The van der Waals surface area contributed by atoms with Gasteiger partial charge in [-0.15, -0.1) is 0 Å². The van der Waals surface area contributed by atoms with E-state index in [0.29, 0.717) is 18.9 Å². The van der Waals surface area contributed by atoms with E-state index >= 15 is 0 Å². The van der Waals surface area contributed by atoms with Crippen LogP contribution < -0.4 is 10.1 Å². The fourth-order valence-electron chi connectivity index (χ4n) is 1.88. The number of aromatic hydroxyl groups is 1. The van der Waals surface area contributed by atoms with Crippen LogP contribution in [0.1, 0.15) is 25.3 Å². The van der Waals surface area contributed by atoms with Crippen molar-refractivity contribution in [1.82, 2.24) is 10.2 Å². The molecule has 0 amide bonds. The Kier molecular flexibility index (Phi) is 7.30. The van der Waals surface area contributed by atoms with E-state index in [-0.39, 0.29) is 5.75 Å². The third kappa shape index (κ3) is 5.94. The van der Waals surface area contributed by atoms with E-state index in [2.05, 4.69) is 24.3 Å². The van der Waals surface area contributed by atoms with Gasteiger partial charge in [-0.2, -0.15) is 0 Å². The Labute approximate surface area is 116 Å². The maximum Gasteiger partial charge on any atom is 0.162 e. The lowest BCUT2D eigenvalue weighted by Crippen LogP contribution is -2.18. The normalized spacial score (nSPS) is 10.9. The molecule has 1 aromatic carbocycles. The summed E-state index contributed by atoms with van der Waals surface area (Å²) < 4.78 is 5.37. The van der Waals surface area contributed by atoms with Crippen molar-refractivity contribution in [2.24, 2.45) is 0 Å². The molecular weight excluding hydrogens is 240 g/mol. The molecule has 0 aliphatic rings. The summed E-state index contributed by atoms with van der Waals surface area (Å²) in [5, 5.41) is 13.4. The van der Waals surface area contributed by atoms with E-state index in [0.717, 1.165) is 25.1 Å². The molecule has 0 fully saturated rings. The molecule has 0 aliphatic carbocycles. The van der Waals surface area contributed by atoms with E-state index in [1.165, 1.54) is 6.42 Å². The lowest BCUT2D eigenvalue weighted by atomic mass is 10.2. The van der Waals surface area contributed by atoms with Gasteiger partial charge in [0, 0.05) is 12.1 Å². The van der Waals surface area contributed by atoms with Gasteiger partial charge in [0.15, 0.2) is 11.5 Å². The molecule has 4 nitrogen and oxygen atoms in total. The molecule has 19 heavy (non-hydrogen) atoms. The first-order chi connectivity index (χ1) is 9.15. The quantitative estimate of drug-likeness (QED) is 0.673. The van der Waals surface area contributed by atoms with Crippen LogP contribution in [0, 0.1) is 0 Å². The average molecular weight is 266 g/mol. The van der Waals surface area contributed by atoms with Crippen LogP contribution in [0.4, 0.5) is 0 Å². The van der Waals surface area contributed by atoms with Crippen LogP contribution in [0.3, 0.4) is 0 Å². The van der Waals surface area contributed by atoms with Gasteiger partial charge in [0.05, 0.1) is 6.61 Å². The lowest BCUT2D eigenvalue weighted by molar-refractivity contribution is 0.316. The van der Waals surface area contributed by atoms with Gasteiger partial charge < -0.3 is 20.1 Å². The highest BCUT2D eigenvalue weighted by molar-refractivity contribution is 5.45. The van der Waals surface area contributed by atoms with Crippen LogP contribution in [0.15, 0.2) is 18.2 Å². The maximum absolute atomic E-state index is 10.0. The van der Waals surface area contributed by atoms with Gasteiger partial charge in [-0.25, -0.2) is 0 Å². The summed E-state index contributed by atoms with van der Waals surface area (Å²) in [5.41, 5.74) is 0.888. The first-order valence-electron chi connectivity index (χ1n) is 6.94. The number of hydrogen-bond acceptors (Lipinski definition) is 4. The monoisotopic (exact) mass is 266 g/mol. The summed E-state index contributed by atoms with van der Waals surface area (Å²) in [6, 6.07) is 5.62. The zero-order valence-corrected chi connectivity index (χ0v) is 12.3. The number of ether oxygens (including phenoxy) is 1. The minimum absolute atomic E-state index is 0.255. The van der Waals surface area contributed by atoms with Crippen molar-refractivity contribution in [1.29, 1.82) is 0 Å². The molecule has 1 rings (SSSR count). The number of rotatable bonds is 9. The van der Waals surface area contributed by atoms with Gasteiger partial charge in [0.25, 0.3) is 0 Å². The van der Waals surface area contributed by atoms with Crippen LogP contribution in [-0.2, 0) is 6.54 Å². The van der Waals surface area contributed by atoms with Gasteiger partial charge >= 0.3 is 0 Å². The van der Waals surface area contributed by atoms with Crippen molar-refractivity contribution in [2.75, 3.05) is 33.8 Å². The predicted molar refractivity (Wildman–Crippen MR) is 78.8 cm³/mol. The van der Waals surface area contributed by atoms with Gasteiger partial charge in [-0.3, -0.25) is 0 Å². The highest BCUT2D eigenvalue weighted by atomic mass is 16.5. The van der Waals surface area contributed by atoms with Crippen molar-refractivity contribution < 1.29 is 9.84 Å². The molecule has 2 N–H and O–H groups in total. The smallest absolute Gasteiger partial charge is 0.162 e. The van der Waals surface area contributed by atoms with Gasteiger partial charge in [0.2, 0.25) is 0 Å². The van der Waals surface area contributed by atoms with Crippen molar-refractivity contribution in [3.8, 4) is 11.5 Å². The maximum atomic E-state index is 10.0. The molecule has 108 valence electrons. The Bertz CT molecular complexity index is 367. The standard InChI is InChI=1S/C15H26N2O2/c1-4-19-14-9-7-8-13(15(14)18)12-16-10-5-6-11-17(2)3/h7-9,16,18H,4-6,10-12H2,1-3H3. The molecular formula is C15H26N2O2. The molecule has 0 aliphatic heterocycles. The third-order valence-corrected chi connectivity index (χ3v) is 2.91. The Hall–Kier alpha value is -1.26. The SMILES string of the molecule is CCOc1cccc(CNCCCCN(C)C)c1O. The molecule has 0 unspecified atom stereocenters. The first-order valence-corrected chi connectivity index (χ1v) is 6.94. The minimum atomic E-state index is 0.255. The Morgan fingerprint density at radius 3 is 2.74 bits per heavy atom. The second kappa shape index (κ2) is 8.77. The number of nitrogens with one attached hydrogen (secondary N) is 1. The fraction of sp³-hybridized carbons (Fsp3) is 0.600. The van der Waals surface area contributed by atoms with Crippen LogP contribution in [0.25, 0.3) is 0 Å². The number of phenols is 1. The molecule has 0 aromatic heterocycles. The minimum Gasteiger partial charge on any atom is -0.504 e. The van der Waals surface area contributed by atoms with Crippen LogP contribution in [-0.4, -0.2) is 43.8 Å². The summed E-state index contributed by atoms with van der Waals surface area (Å²) in [7, 11) is 4.18. The summed E-state index contributed by atoms with van der Waals surface area (Å²) in [6.45, 7) is 5.23. The van der Waals surface area contributed by atoms with Crippen LogP contribution in [0.5, 0.6) is 11.5 Å². The number of unbranched alkanes of at least 4 members (excludes halogenated alkanes) is 1. The van der Waals surface area contributed by atoms with E-state index in [1.54, 1.807) is 6.07 Å². The van der Waals surface area contributed by atoms with Crippen molar-refractivity contribution in [3.05, 3.63) is 23.8 Å². The Balaban J connectivity index is 2.31. The summed E-state index contributed by atoms with van der Waals surface area (Å²) >= 11 is 0. The molecule has 1 aromatic rings. The molecule has 0 bridgehead atoms.